The fourth-order valence-corrected chi connectivity index (χ4v) is 2.77. The largest absolute Gasteiger partial charge is 0.395 e. The van der Waals surface area contributed by atoms with Crippen molar-refractivity contribution in [1.82, 2.24) is 15.0 Å². The lowest BCUT2D eigenvalue weighted by molar-refractivity contribution is 0.0947. The summed E-state index contributed by atoms with van der Waals surface area (Å²) in [7, 11) is 0. The van der Waals surface area contributed by atoms with E-state index in [0.29, 0.717) is 13.1 Å². The van der Waals surface area contributed by atoms with Crippen molar-refractivity contribution in [3.8, 4) is 0 Å². The highest BCUT2D eigenvalue weighted by Crippen LogP contribution is 2.21. The number of carbonyl (C=O) groups is 2. The fraction of sp³-hybridized carbons (Fsp3) is 0.353. The number of nitrogens with two attached hydrogens (primary N) is 1. The van der Waals surface area contributed by atoms with E-state index in [9.17, 15) is 9.59 Å². The van der Waals surface area contributed by atoms with Crippen LogP contribution in [0.15, 0.2) is 24.3 Å². The molecule has 4 N–H and O–H groups in total. The molecule has 7 heteroatoms. The van der Waals surface area contributed by atoms with Crippen molar-refractivity contribution in [2.45, 2.75) is 33.2 Å². The minimum absolute atomic E-state index is 0.104. The number of amides is 2. The van der Waals surface area contributed by atoms with E-state index >= 15 is 0 Å². The number of benzene rings is 1. The fourth-order valence-electron chi connectivity index (χ4n) is 2.06. The summed E-state index contributed by atoms with van der Waals surface area (Å²) in [6.45, 7) is 5.02. The summed E-state index contributed by atoms with van der Waals surface area (Å²) in [6.07, 6.45) is 1.89. The second-order valence-electron chi connectivity index (χ2n) is 5.55. The van der Waals surface area contributed by atoms with E-state index < -0.39 is 0 Å². The first-order chi connectivity index (χ1) is 11.5. The van der Waals surface area contributed by atoms with E-state index in [0.717, 1.165) is 35.5 Å². The van der Waals surface area contributed by atoms with Crippen molar-refractivity contribution in [2.75, 3.05) is 12.3 Å². The number of hydrogen-bond acceptors (Lipinski definition) is 5. The molecule has 0 atom stereocenters. The molecule has 0 aliphatic carbocycles. The molecule has 0 spiro atoms. The number of anilines is 1. The van der Waals surface area contributed by atoms with Crippen LogP contribution in [-0.4, -0.2) is 22.7 Å². The molecule has 0 fully saturated rings. The van der Waals surface area contributed by atoms with Gasteiger partial charge >= 0.3 is 0 Å². The Hall–Kier alpha value is -2.41. The smallest absolute Gasteiger partial charge is 0.273 e. The molecule has 0 saturated carbocycles. The van der Waals surface area contributed by atoms with Crippen LogP contribution in [0.4, 0.5) is 5.69 Å². The summed E-state index contributed by atoms with van der Waals surface area (Å²) in [6, 6.07) is 7.87. The Balaban J connectivity index is 1.97. The van der Waals surface area contributed by atoms with E-state index in [4.69, 9.17) is 5.73 Å². The predicted molar refractivity (Wildman–Crippen MR) is 96.1 cm³/mol. The Morgan fingerprint density at radius 1 is 1.17 bits per heavy atom. The van der Waals surface area contributed by atoms with Gasteiger partial charge in [-0.15, -0.1) is 0 Å². The molecular weight excluding hydrogens is 324 g/mol. The van der Waals surface area contributed by atoms with E-state index in [2.05, 4.69) is 15.0 Å². The maximum absolute atomic E-state index is 12.2. The monoisotopic (exact) mass is 346 g/mol. The zero-order chi connectivity index (χ0) is 17.5. The Labute approximate surface area is 145 Å². The first kappa shape index (κ1) is 17.9. The third-order valence-corrected chi connectivity index (χ3v) is 4.40. The average molecular weight is 346 g/mol. The van der Waals surface area contributed by atoms with Crippen LogP contribution < -0.4 is 16.4 Å². The minimum atomic E-state index is -0.378. The second-order valence-corrected chi connectivity index (χ2v) is 6.33. The maximum Gasteiger partial charge on any atom is 0.273 e. The molecule has 0 radical (unpaired) electrons. The normalized spacial score (nSPS) is 10.4. The van der Waals surface area contributed by atoms with Crippen LogP contribution in [0, 0.1) is 6.92 Å². The standard InChI is InChI=1S/C17H22N4O2S/c1-3-4-9-19-17(23)15-13(18)14(21-24-15)16(22)20-10-12-7-5-11(2)6-8-12/h5-8H,3-4,9-10,18H2,1-2H3,(H,19,23)(H,20,22). The third kappa shape index (κ3) is 4.55. The number of nitrogens with zero attached hydrogens (tertiary/aromatic N) is 1. The summed E-state index contributed by atoms with van der Waals surface area (Å²) in [5, 5.41) is 5.55. The van der Waals surface area contributed by atoms with Gasteiger partial charge in [0.2, 0.25) is 0 Å². The van der Waals surface area contributed by atoms with Gasteiger partial charge in [-0.3, -0.25) is 9.59 Å². The van der Waals surface area contributed by atoms with Gasteiger partial charge in [-0.1, -0.05) is 43.2 Å². The number of rotatable bonds is 7. The van der Waals surface area contributed by atoms with Gasteiger partial charge in [-0.2, -0.15) is 4.37 Å². The number of hydrogen-bond donors (Lipinski definition) is 3. The van der Waals surface area contributed by atoms with Crippen LogP contribution in [0.25, 0.3) is 0 Å². The SMILES string of the molecule is CCCCNC(=O)c1snc(C(=O)NCc2ccc(C)cc2)c1N. The van der Waals surface area contributed by atoms with Crippen molar-refractivity contribution in [3.05, 3.63) is 46.0 Å². The summed E-state index contributed by atoms with van der Waals surface area (Å²) < 4.78 is 4.04. The van der Waals surface area contributed by atoms with Crippen LogP contribution in [0.2, 0.25) is 0 Å². The van der Waals surface area contributed by atoms with E-state index in [1.165, 1.54) is 0 Å². The van der Waals surface area contributed by atoms with Gasteiger partial charge in [0.05, 0.1) is 5.69 Å². The highest BCUT2D eigenvalue weighted by atomic mass is 32.1. The molecule has 2 rings (SSSR count). The zero-order valence-electron chi connectivity index (χ0n) is 13.9. The first-order valence-electron chi connectivity index (χ1n) is 7.90. The topological polar surface area (TPSA) is 97.1 Å². The summed E-state index contributed by atoms with van der Waals surface area (Å²) in [5.41, 5.74) is 8.31. The molecule has 2 aromatic rings. The van der Waals surface area contributed by atoms with Crippen LogP contribution in [0.1, 0.15) is 51.1 Å². The third-order valence-electron chi connectivity index (χ3n) is 3.54. The van der Waals surface area contributed by atoms with Crippen LogP contribution in [0.3, 0.4) is 0 Å². The zero-order valence-corrected chi connectivity index (χ0v) is 14.7. The Morgan fingerprint density at radius 2 is 1.88 bits per heavy atom. The second kappa shape index (κ2) is 8.44. The number of aromatic nitrogens is 1. The first-order valence-corrected chi connectivity index (χ1v) is 8.67. The van der Waals surface area contributed by atoms with Gasteiger partial charge in [0.25, 0.3) is 11.8 Å². The number of nitrogen functional groups attached to an aromatic ring is 1. The van der Waals surface area contributed by atoms with E-state index in [-0.39, 0.29) is 28.1 Å². The highest BCUT2D eigenvalue weighted by Gasteiger charge is 2.21. The number of carbonyl (C=O) groups excluding carboxylic acids is 2. The molecule has 1 aromatic heterocycles. The molecular formula is C17H22N4O2S. The molecule has 0 bridgehead atoms. The van der Waals surface area contributed by atoms with Gasteiger partial charge in [0.1, 0.15) is 4.88 Å². The molecule has 0 aliphatic heterocycles. The van der Waals surface area contributed by atoms with Crippen molar-refractivity contribution in [3.63, 3.8) is 0 Å². The van der Waals surface area contributed by atoms with Crippen LogP contribution in [0.5, 0.6) is 0 Å². The molecule has 1 heterocycles. The summed E-state index contributed by atoms with van der Waals surface area (Å²) in [4.78, 5) is 24.5. The number of aryl methyl sites for hydroxylation is 1. The molecule has 0 saturated heterocycles. The van der Waals surface area contributed by atoms with Gasteiger partial charge < -0.3 is 16.4 Å². The molecule has 2 amide bonds. The summed E-state index contributed by atoms with van der Waals surface area (Å²) >= 11 is 0.946. The molecule has 1 aromatic carbocycles. The van der Waals surface area contributed by atoms with E-state index in [1.807, 2.05) is 38.1 Å². The Morgan fingerprint density at radius 3 is 2.54 bits per heavy atom. The lowest BCUT2D eigenvalue weighted by Gasteiger charge is -2.05. The molecule has 0 unspecified atom stereocenters. The van der Waals surface area contributed by atoms with Crippen molar-refractivity contribution in [1.29, 1.82) is 0 Å². The van der Waals surface area contributed by atoms with E-state index in [1.54, 1.807) is 0 Å². The Bertz CT molecular complexity index is 710. The molecule has 0 aliphatic rings. The lowest BCUT2D eigenvalue weighted by Crippen LogP contribution is -2.26. The Kier molecular flexibility index (Phi) is 6.31. The molecule has 24 heavy (non-hydrogen) atoms. The van der Waals surface area contributed by atoms with Gasteiger partial charge in [0.15, 0.2) is 5.69 Å². The number of unbranched alkanes of at least 4 members (excludes halogenated alkanes) is 1. The van der Waals surface area contributed by atoms with Crippen LogP contribution >= 0.6 is 11.5 Å². The minimum Gasteiger partial charge on any atom is -0.395 e. The van der Waals surface area contributed by atoms with Crippen molar-refractivity contribution >= 4 is 29.0 Å². The van der Waals surface area contributed by atoms with Gasteiger partial charge in [-0.25, -0.2) is 0 Å². The molecule has 128 valence electrons. The predicted octanol–water partition coefficient (Wildman–Crippen LogP) is 2.49. The average Bonchev–Trinajstić information content (AvgIpc) is 2.96. The summed E-state index contributed by atoms with van der Waals surface area (Å²) in [5.74, 6) is -0.659. The van der Waals surface area contributed by atoms with Gasteiger partial charge in [-0.05, 0) is 30.4 Å². The van der Waals surface area contributed by atoms with Crippen LogP contribution in [-0.2, 0) is 6.54 Å². The highest BCUT2D eigenvalue weighted by molar-refractivity contribution is 7.09. The number of nitrogens with one attached hydrogen (secondary N) is 2. The molecule has 6 nitrogen and oxygen atoms in total. The van der Waals surface area contributed by atoms with Gasteiger partial charge in [0, 0.05) is 13.1 Å². The maximum atomic E-state index is 12.2. The van der Waals surface area contributed by atoms with Crippen molar-refractivity contribution in [2.24, 2.45) is 0 Å². The van der Waals surface area contributed by atoms with Crippen molar-refractivity contribution < 1.29 is 9.59 Å². The lowest BCUT2D eigenvalue weighted by atomic mass is 10.1. The quantitative estimate of drug-likeness (QED) is 0.671.